The van der Waals surface area contributed by atoms with Crippen LogP contribution in [0.2, 0.25) is 0 Å². The molecule has 0 radical (unpaired) electrons. The zero-order valence-electron chi connectivity index (χ0n) is 14.1. The fourth-order valence-electron chi connectivity index (χ4n) is 1.92. The van der Waals surface area contributed by atoms with Crippen LogP contribution < -0.4 is 21.7 Å². The molecule has 8 N–H and O–H groups in total. The fourth-order valence-corrected chi connectivity index (χ4v) is 1.92. The van der Waals surface area contributed by atoms with Crippen LogP contribution in [-0.4, -0.2) is 75.0 Å². The van der Waals surface area contributed by atoms with E-state index in [0.29, 0.717) is 5.69 Å². The van der Waals surface area contributed by atoms with Crippen molar-refractivity contribution in [2.75, 3.05) is 13.1 Å². The summed E-state index contributed by atoms with van der Waals surface area (Å²) in [6.07, 6.45) is 2.22. The maximum Gasteiger partial charge on any atom is 0.322 e. The summed E-state index contributed by atoms with van der Waals surface area (Å²) in [7, 11) is 0. The molecular weight excluding hydrogens is 364 g/mol. The van der Waals surface area contributed by atoms with E-state index in [1.807, 2.05) is 5.32 Å². The average Bonchev–Trinajstić information content (AvgIpc) is 3.09. The Bertz CT molecular complexity index is 690. The van der Waals surface area contributed by atoms with E-state index in [2.05, 4.69) is 20.6 Å². The maximum atomic E-state index is 12.1. The van der Waals surface area contributed by atoms with Crippen molar-refractivity contribution in [1.29, 1.82) is 0 Å². The van der Waals surface area contributed by atoms with Gasteiger partial charge in [-0.1, -0.05) is 0 Å². The minimum atomic E-state index is -1.46. The highest BCUT2D eigenvalue weighted by Gasteiger charge is 2.26. The molecule has 1 rings (SSSR count). The minimum absolute atomic E-state index is 0.0881. The van der Waals surface area contributed by atoms with Crippen LogP contribution in [0.5, 0.6) is 0 Å². The lowest BCUT2D eigenvalue weighted by molar-refractivity contribution is -0.141. The fraction of sp³-hybridized carbons (Fsp3) is 0.429. The predicted molar refractivity (Wildman–Crippen MR) is 88.1 cm³/mol. The second-order valence-corrected chi connectivity index (χ2v) is 5.43. The molecule has 0 aliphatic rings. The van der Waals surface area contributed by atoms with Crippen LogP contribution in [0.1, 0.15) is 12.1 Å². The van der Waals surface area contributed by atoms with Gasteiger partial charge >= 0.3 is 11.9 Å². The van der Waals surface area contributed by atoms with Crippen LogP contribution in [0.25, 0.3) is 0 Å². The molecule has 3 amide bonds. The molecule has 2 unspecified atom stereocenters. The third-order valence-electron chi connectivity index (χ3n) is 3.20. The molecule has 1 heterocycles. The average molecular weight is 384 g/mol. The molecule has 0 saturated carbocycles. The summed E-state index contributed by atoms with van der Waals surface area (Å²) in [4.78, 5) is 63.3. The van der Waals surface area contributed by atoms with Crippen LogP contribution in [0.15, 0.2) is 12.5 Å². The van der Waals surface area contributed by atoms with Crippen LogP contribution >= 0.6 is 0 Å². The zero-order chi connectivity index (χ0) is 20.4. The molecule has 0 aliphatic carbocycles. The summed E-state index contributed by atoms with van der Waals surface area (Å²) >= 11 is 0. The molecule has 0 aromatic carbocycles. The molecule has 0 bridgehead atoms. The molecule has 0 fully saturated rings. The van der Waals surface area contributed by atoms with E-state index < -0.39 is 61.3 Å². The second-order valence-electron chi connectivity index (χ2n) is 5.43. The van der Waals surface area contributed by atoms with Gasteiger partial charge in [-0.3, -0.25) is 24.0 Å². The Kier molecular flexibility index (Phi) is 8.38. The number of nitrogens with one attached hydrogen (secondary N) is 4. The molecular formula is C14H20N6O7. The Morgan fingerprint density at radius 3 is 2.33 bits per heavy atom. The zero-order valence-corrected chi connectivity index (χ0v) is 14.1. The van der Waals surface area contributed by atoms with Crippen molar-refractivity contribution < 1.29 is 34.2 Å². The summed E-state index contributed by atoms with van der Waals surface area (Å²) in [6, 6.07) is -2.52. The number of aliphatic carboxylic acids is 2. The van der Waals surface area contributed by atoms with Crippen molar-refractivity contribution in [2.24, 2.45) is 5.73 Å². The molecule has 13 nitrogen and oxygen atoms in total. The summed E-state index contributed by atoms with van der Waals surface area (Å²) in [6.45, 7) is -1.22. The van der Waals surface area contributed by atoms with Gasteiger partial charge < -0.3 is 36.9 Å². The van der Waals surface area contributed by atoms with Gasteiger partial charge in [0, 0.05) is 18.3 Å². The van der Waals surface area contributed by atoms with E-state index in [0.717, 1.165) is 0 Å². The summed E-state index contributed by atoms with van der Waals surface area (Å²) in [5.41, 5.74) is 6.29. The molecule has 2 atom stereocenters. The van der Waals surface area contributed by atoms with E-state index in [1.54, 1.807) is 0 Å². The van der Waals surface area contributed by atoms with Crippen molar-refractivity contribution in [3.8, 4) is 0 Å². The third-order valence-corrected chi connectivity index (χ3v) is 3.20. The van der Waals surface area contributed by atoms with E-state index in [9.17, 15) is 24.0 Å². The highest BCUT2D eigenvalue weighted by atomic mass is 16.4. The number of carbonyl (C=O) groups excluding carboxylic acids is 3. The van der Waals surface area contributed by atoms with Crippen LogP contribution in [0.3, 0.4) is 0 Å². The lowest BCUT2D eigenvalue weighted by Crippen LogP contribution is -2.54. The Morgan fingerprint density at radius 1 is 1.07 bits per heavy atom. The highest BCUT2D eigenvalue weighted by molar-refractivity contribution is 5.94. The molecule has 148 valence electrons. The Morgan fingerprint density at radius 2 is 1.78 bits per heavy atom. The number of hydrogen-bond acceptors (Lipinski definition) is 7. The van der Waals surface area contributed by atoms with E-state index in [-0.39, 0.29) is 6.42 Å². The molecule has 27 heavy (non-hydrogen) atoms. The molecule has 0 spiro atoms. The minimum Gasteiger partial charge on any atom is -0.481 e. The van der Waals surface area contributed by atoms with Gasteiger partial charge in [0.2, 0.25) is 17.7 Å². The first kappa shape index (κ1) is 21.6. The van der Waals surface area contributed by atoms with Crippen molar-refractivity contribution >= 4 is 29.7 Å². The van der Waals surface area contributed by atoms with Gasteiger partial charge in [0.25, 0.3) is 0 Å². The summed E-state index contributed by atoms with van der Waals surface area (Å²) in [5.74, 6) is -5.10. The van der Waals surface area contributed by atoms with Gasteiger partial charge in [0.05, 0.1) is 25.3 Å². The monoisotopic (exact) mass is 384 g/mol. The number of aromatic nitrogens is 2. The first-order valence-corrected chi connectivity index (χ1v) is 7.70. The number of amides is 3. The Hall–Kier alpha value is -3.48. The second kappa shape index (κ2) is 10.5. The molecule has 0 saturated heterocycles. The van der Waals surface area contributed by atoms with Gasteiger partial charge in [0.15, 0.2) is 0 Å². The molecule has 13 heteroatoms. The number of H-pyrrole nitrogens is 1. The number of imidazole rings is 1. The number of nitrogens with zero attached hydrogens (tertiary/aromatic N) is 1. The van der Waals surface area contributed by atoms with E-state index in [1.165, 1.54) is 12.5 Å². The standard InChI is InChI=1S/C14H20N6O7/c15-8(1-7-3-16-6-19-7)13(26)20-9(2-11(22)23)14(27)18-4-10(21)17-5-12(24)25/h3,6,8-9H,1-2,4-5,15H2,(H,16,19)(H,17,21)(H,18,27)(H,20,26)(H,22,23)(H,24,25). The molecule has 1 aromatic rings. The van der Waals surface area contributed by atoms with E-state index in [4.69, 9.17) is 15.9 Å². The van der Waals surface area contributed by atoms with Crippen molar-refractivity contribution in [1.82, 2.24) is 25.9 Å². The molecule has 0 aliphatic heterocycles. The van der Waals surface area contributed by atoms with Gasteiger partial charge in [-0.25, -0.2) is 4.98 Å². The Balaban J connectivity index is 2.58. The van der Waals surface area contributed by atoms with Crippen LogP contribution in [-0.2, 0) is 30.4 Å². The summed E-state index contributed by atoms with van der Waals surface area (Å²) < 4.78 is 0. The topological polar surface area (TPSA) is 217 Å². The van der Waals surface area contributed by atoms with Gasteiger partial charge in [0.1, 0.15) is 12.6 Å². The third kappa shape index (κ3) is 8.44. The number of aromatic amines is 1. The number of carbonyl (C=O) groups is 5. The van der Waals surface area contributed by atoms with E-state index >= 15 is 0 Å². The largest absolute Gasteiger partial charge is 0.481 e. The van der Waals surface area contributed by atoms with Gasteiger partial charge in [-0.15, -0.1) is 0 Å². The number of rotatable bonds is 11. The van der Waals surface area contributed by atoms with Crippen LogP contribution in [0.4, 0.5) is 0 Å². The number of carboxylic acid groups (broad SMARTS) is 2. The SMILES string of the molecule is NC(Cc1cnc[nH]1)C(=O)NC(CC(=O)O)C(=O)NCC(=O)NCC(=O)O. The van der Waals surface area contributed by atoms with Crippen LogP contribution in [0, 0.1) is 0 Å². The smallest absolute Gasteiger partial charge is 0.322 e. The number of nitrogens with two attached hydrogens (primary N) is 1. The van der Waals surface area contributed by atoms with Gasteiger partial charge in [-0.05, 0) is 0 Å². The molecule has 1 aromatic heterocycles. The van der Waals surface area contributed by atoms with Crippen molar-refractivity contribution in [2.45, 2.75) is 24.9 Å². The highest BCUT2D eigenvalue weighted by Crippen LogP contribution is 1.99. The predicted octanol–water partition coefficient (Wildman–Crippen LogP) is -3.44. The summed E-state index contributed by atoms with van der Waals surface area (Å²) in [5, 5.41) is 23.7. The first-order chi connectivity index (χ1) is 12.7. The lowest BCUT2D eigenvalue weighted by atomic mass is 10.1. The maximum absolute atomic E-state index is 12.1. The lowest BCUT2D eigenvalue weighted by Gasteiger charge is -2.19. The van der Waals surface area contributed by atoms with Crippen molar-refractivity contribution in [3.63, 3.8) is 0 Å². The first-order valence-electron chi connectivity index (χ1n) is 7.70. The number of hydrogen-bond donors (Lipinski definition) is 7. The van der Waals surface area contributed by atoms with Gasteiger partial charge in [-0.2, -0.15) is 0 Å². The number of carboxylic acids is 2. The Labute approximate surface area is 152 Å². The normalized spacial score (nSPS) is 12.5. The van der Waals surface area contributed by atoms with Crippen molar-refractivity contribution in [3.05, 3.63) is 18.2 Å². The quantitative estimate of drug-likeness (QED) is 0.201.